The van der Waals surface area contributed by atoms with Gasteiger partial charge in [0.25, 0.3) is 0 Å². The van der Waals surface area contributed by atoms with Crippen LogP contribution in [0.25, 0.3) is 0 Å². The van der Waals surface area contributed by atoms with Gasteiger partial charge in [-0.15, -0.1) is 23.1 Å². The Kier molecular flexibility index (Phi) is 5.79. The zero-order valence-corrected chi connectivity index (χ0v) is 13.9. The summed E-state index contributed by atoms with van der Waals surface area (Å²) < 4.78 is 0. The van der Waals surface area contributed by atoms with Gasteiger partial charge in [0.1, 0.15) is 5.01 Å². The molecule has 0 saturated carbocycles. The molecule has 2 aromatic rings. The Balaban J connectivity index is 2.01. The molecule has 0 spiro atoms. The van der Waals surface area contributed by atoms with Crippen LogP contribution in [-0.4, -0.2) is 4.98 Å². The van der Waals surface area contributed by atoms with E-state index in [1.165, 1.54) is 26.0 Å². The zero-order valence-electron chi connectivity index (χ0n) is 11.3. The van der Waals surface area contributed by atoms with Crippen molar-refractivity contribution >= 4 is 35.7 Å². The smallest absolute Gasteiger partial charge is 0.103 e. The van der Waals surface area contributed by atoms with E-state index in [4.69, 9.17) is 4.98 Å². The maximum Gasteiger partial charge on any atom is 0.103 e. The predicted octanol–water partition coefficient (Wildman–Crippen LogP) is 5.13. The van der Waals surface area contributed by atoms with E-state index in [1.54, 1.807) is 0 Å². The molecule has 0 aliphatic heterocycles. The monoisotopic (exact) mass is 309 g/mol. The highest BCUT2D eigenvalue weighted by Crippen LogP contribution is 2.28. The Hall–Kier alpha value is -0.450. The second-order valence-electron chi connectivity index (χ2n) is 4.49. The predicted molar refractivity (Wildman–Crippen MR) is 89.5 cm³/mol. The van der Waals surface area contributed by atoms with Gasteiger partial charge in [-0.05, 0) is 25.5 Å². The minimum Gasteiger partial charge on any atom is -0.245 e. The molecule has 0 atom stereocenters. The first-order chi connectivity index (χ1) is 9.22. The minimum absolute atomic E-state index is 0.808. The lowest BCUT2D eigenvalue weighted by atomic mass is 10.2. The first-order valence-corrected chi connectivity index (χ1v) is 8.94. The third-order valence-corrected chi connectivity index (χ3v) is 5.67. The second-order valence-corrected chi connectivity index (χ2v) is 7.02. The third-order valence-electron chi connectivity index (χ3n) is 2.84. The van der Waals surface area contributed by atoms with Crippen molar-refractivity contribution in [3.05, 3.63) is 45.4 Å². The van der Waals surface area contributed by atoms with E-state index in [1.807, 2.05) is 23.1 Å². The number of aromatic nitrogens is 1. The van der Waals surface area contributed by atoms with Crippen molar-refractivity contribution in [3.63, 3.8) is 0 Å². The maximum atomic E-state index is 4.75. The Morgan fingerprint density at radius 1 is 1.26 bits per heavy atom. The number of benzene rings is 1. The summed E-state index contributed by atoms with van der Waals surface area (Å²) >= 11 is 8.07. The minimum atomic E-state index is 0.808. The van der Waals surface area contributed by atoms with Crippen molar-refractivity contribution in [1.29, 1.82) is 0 Å². The number of thiol groups is 1. The summed E-state index contributed by atoms with van der Waals surface area (Å²) in [4.78, 5) is 7.40. The first-order valence-electron chi connectivity index (χ1n) is 6.50. The van der Waals surface area contributed by atoms with Gasteiger partial charge in [0.2, 0.25) is 0 Å². The van der Waals surface area contributed by atoms with Crippen LogP contribution in [0.3, 0.4) is 0 Å². The van der Waals surface area contributed by atoms with Gasteiger partial charge < -0.3 is 0 Å². The lowest BCUT2D eigenvalue weighted by molar-refractivity contribution is 0.878. The van der Waals surface area contributed by atoms with E-state index in [0.717, 1.165) is 24.3 Å². The molecule has 0 aliphatic rings. The Labute approximate surface area is 129 Å². The van der Waals surface area contributed by atoms with Crippen molar-refractivity contribution in [2.75, 3.05) is 0 Å². The molecular formula is C15H19NS3. The average Bonchev–Trinajstić information content (AvgIpc) is 2.81. The second kappa shape index (κ2) is 7.36. The molecule has 1 heterocycles. The molecule has 1 aromatic heterocycles. The van der Waals surface area contributed by atoms with Crippen LogP contribution in [0, 0.1) is 6.92 Å². The highest BCUT2D eigenvalue weighted by atomic mass is 32.2. The van der Waals surface area contributed by atoms with Crippen molar-refractivity contribution in [2.45, 2.75) is 43.1 Å². The van der Waals surface area contributed by atoms with Crippen LogP contribution in [0.1, 0.15) is 34.5 Å². The molecule has 0 N–H and O–H groups in total. The number of thiazole rings is 1. The molecule has 0 aliphatic carbocycles. The van der Waals surface area contributed by atoms with Crippen molar-refractivity contribution < 1.29 is 0 Å². The number of thioether (sulfide) groups is 1. The van der Waals surface area contributed by atoms with Gasteiger partial charge in [-0.1, -0.05) is 31.0 Å². The van der Waals surface area contributed by atoms with Gasteiger partial charge in [0, 0.05) is 15.5 Å². The molecule has 2 rings (SSSR count). The normalized spacial score (nSPS) is 10.9. The number of nitrogens with zero attached hydrogens (tertiary/aromatic N) is 1. The van der Waals surface area contributed by atoms with Gasteiger partial charge in [0.15, 0.2) is 0 Å². The molecule has 19 heavy (non-hydrogen) atoms. The fourth-order valence-electron chi connectivity index (χ4n) is 1.83. The highest BCUT2D eigenvalue weighted by Gasteiger charge is 2.09. The Morgan fingerprint density at radius 2 is 2.00 bits per heavy atom. The molecule has 0 fully saturated rings. The topological polar surface area (TPSA) is 12.9 Å². The van der Waals surface area contributed by atoms with Crippen LogP contribution in [0.5, 0.6) is 0 Å². The SMILES string of the molecule is CCCc1nc(CSc2ccc(C)cc2)sc1CS. The summed E-state index contributed by atoms with van der Waals surface area (Å²) in [5, 5.41) is 1.22. The first kappa shape index (κ1) is 14.9. The van der Waals surface area contributed by atoms with Crippen LogP contribution in [-0.2, 0) is 17.9 Å². The van der Waals surface area contributed by atoms with E-state index in [-0.39, 0.29) is 0 Å². The molecule has 0 radical (unpaired) electrons. The molecule has 1 nitrogen and oxygen atoms in total. The molecule has 1 aromatic carbocycles. The van der Waals surface area contributed by atoms with Crippen LogP contribution in [0.2, 0.25) is 0 Å². The Morgan fingerprint density at radius 3 is 2.63 bits per heavy atom. The zero-order chi connectivity index (χ0) is 13.7. The average molecular weight is 310 g/mol. The van der Waals surface area contributed by atoms with Crippen molar-refractivity contribution in [1.82, 2.24) is 4.98 Å². The van der Waals surface area contributed by atoms with E-state index < -0.39 is 0 Å². The van der Waals surface area contributed by atoms with Gasteiger partial charge in [-0.2, -0.15) is 12.6 Å². The summed E-state index contributed by atoms with van der Waals surface area (Å²) in [5.41, 5.74) is 2.56. The summed E-state index contributed by atoms with van der Waals surface area (Å²) in [6.07, 6.45) is 2.22. The third kappa shape index (κ3) is 4.26. The summed E-state index contributed by atoms with van der Waals surface area (Å²) in [5.74, 6) is 1.76. The van der Waals surface area contributed by atoms with E-state index in [2.05, 4.69) is 50.7 Å². The number of rotatable bonds is 6. The molecule has 0 unspecified atom stereocenters. The van der Waals surface area contributed by atoms with Crippen molar-refractivity contribution in [3.8, 4) is 0 Å². The number of hydrogen-bond acceptors (Lipinski definition) is 4. The van der Waals surface area contributed by atoms with E-state index in [0.29, 0.717) is 0 Å². The quantitative estimate of drug-likeness (QED) is 0.587. The molecule has 4 heteroatoms. The summed E-state index contributed by atoms with van der Waals surface area (Å²) in [7, 11) is 0. The Bertz CT molecular complexity index is 517. The lowest BCUT2D eigenvalue weighted by Crippen LogP contribution is -1.88. The van der Waals surface area contributed by atoms with E-state index in [9.17, 15) is 0 Å². The highest BCUT2D eigenvalue weighted by molar-refractivity contribution is 7.98. The summed E-state index contributed by atoms with van der Waals surface area (Å²) in [6.45, 7) is 4.31. The fourth-order valence-corrected chi connectivity index (χ4v) is 4.08. The van der Waals surface area contributed by atoms with Gasteiger partial charge in [-0.3, -0.25) is 0 Å². The fraction of sp³-hybridized carbons (Fsp3) is 0.400. The molecule has 0 bridgehead atoms. The molecule has 0 amide bonds. The summed E-state index contributed by atoms with van der Waals surface area (Å²) in [6, 6.07) is 8.68. The van der Waals surface area contributed by atoms with E-state index >= 15 is 0 Å². The maximum absolute atomic E-state index is 4.75. The van der Waals surface area contributed by atoms with Gasteiger partial charge in [-0.25, -0.2) is 4.98 Å². The number of aryl methyl sites for hydroxylation is 2. The standard InChI is InChI=1S/C15H19NS3/c1-3-4-13-14(9-17)19-15(16-13)10-18-12-7-5-11(2)6-8-12/h5-8,17H,3-4,9-10H2,1-2H3. The van der Waals surface area contributed by atoms with Crippen LogP contribution in [0.4, 0.5) is 0 Å². The lowest BCUT2D eigenvalue weighted by Gasteiger charge is -1.99. The van der Waals surface area contributed by atoms with Gasteiger partial charge in [0.05, 0.1) is 11.4 Å². The van der Waals surface area contributed by atoms with Crippen LogP contribution < -0.4 is 0 Å². The largest absolute Gasteiger partial charge is 0.245 e. The molecule has 0 saturated heterocycles. The molecule has 102 valence electrons. The van der Waals surface area contributed by atoms with Gasteiger partial charge >= 0.3 is 0 Å². The van der Waals surface area contributed by atoms with Crippen LogP contribution in [0.15, 0.2) is 29.2 Å². The molecular weight excluding hydrogens is 290 g/mol. The van der Waals surface area contributed by atoms with Crippen LogP contribution >= 0.6 is 35.7 Å². The number of hydrogen-bond donors (Lipinski definition) is 1. The van der Waals surface area contributed by atoms with Crippen molar-refractivity contribution in [2.24, 2.45) is 0 Å².